The number of rotatable bonds is 5. The summed E-state index contributed by atoms with van der Waals surface area (Å²) in [5.74, 6) is 0.566. The number of amides is 1. The van der Waals surface area contributed by atoms with Gasteiger partial charge in [0.1, 0.15) is 10.4 Å². The van der Waals surface area contributed by atoms with Gasteiger partial charge in [-0.15, -0.1) is 11.3 Å². The molecular weight excluding hydrogens is 496 g/mol. The van der Waals surface area contributed by atoms with Gasteiger partial charge in [-0.1, -0.05) is 54.6 Å². The second-order valence-corrected chi connectivity index (χ2v) is 10.4. The Labute approximate surface area is 225 Å². The Balaban J connectivity index is 1.64. The number of fused-ring (bicyclic) bond motifs is 2. The van der Waals surface area contributed by atoms with Crippen LogP contribution in [0.3, 0.4) is 0 Å². The number of nitrogens with zero attached hydrogens (tertiary/aromatic N) is 3. The van der Waals surface area contributed by atoms with Crippen LogP contribution < -0.4 is 14.8 Å². The third kappa shape index (κ3) is 3.09. The average molecular weight is 523 g/mol. The van der Waals surface area contributed by atoms with Crippen LogP contribution >= 0.6 is 11.3 Å². The van der Waals surface area contributed by atoms with Crippen molar-refractivity contribution in [3.63, 3.8) is 0 Å². The van der Waals surface area contributed by atoms with E-state index in [1.165, 1.54) is 11.3 Å². The number of hydrogen-bond donors (Lipinski definition) is 1. The summed E-state index contributed by atoms with van der Waals surface area (Å²) < 4.78 is 11.1. The van der Waals surface area contributed by atoms with Crippen molar-refractivity contribution in [1.29, 1.82) is 5.26 Å². The predicted molar refractivity (Wildman–Crippen MR) is 147 cm³/mol. The molecule has 2 aliphatic rings. The minimum Gasteiger partial charge on any atom is -0.493 e. The van der Waals surface area contributed by atoms with Crippen molar-refractivity contribution in [2.75, 3.05) is 33.1 Å². The van der Waals surface area contributed by atoms with Crippen molar-refractivity contribution in [3.8, 4) is 28.8 Å². The molecular formula is C30H26N4O3S. The summed E-state index contributed by atoms with van der Waals surface area (Å²) in [4.78, 5) is 21.2. The van der Waals surface area contributed by atoms with Crippen molar-refractivity contribution in [2.45, 2.75) is 16.9 Å². The van der Waals surface area contributed by atoms with Crippen LogP contribution in [0.4, 0.5) is 5.69 Å². The molecule has 4 aromatic rings. The lowest BCUT2D eigenvalue weighted by Crippen LogP contribution is -2.57. The lowest BCUT2D eigenvalue weighted by atomic mass is 9.62. The van der Waals surface area contributed by atoms with Gasteiger partial charge >= 0.3 is 0 Å². The van der Waals surface area contributed by atoms with E-state index in [2.05, 4.69) is 11.4 Å². The third-order valence-electron chi connectivity index (χ3n) is 7.91. The zero-order valence-corrected chi connectivity index (χ0v) is 22.1. The van der Waals surface area contributed by atoms with Crippen LogP contribution in [0.25, 0.3) is 11.3 Å². The first-order valence-corrected chi connectivity index (χ1v) is 13.2. The van der Waals surface area contributed by atoms with E-state index in [0.717, 1.165) is 28.1 Å². The lowest BCUT2D eigenvalue weighted by molar-refractivity contribution is -0.127. The first kappa shape index (κ1) is 24.2. The molecule has 1 amide bonds. The molecule has 190 valence electrons. The van der Waals surface area contributed by atoms with E-state index >= 15 is 0 Å². The van der Waals surface area contributed by atoms with Gasteiger partial charge < -0.3 is 14.8 Å². The van der Waals surface area contributed by atoms with Crippen LogP contribution in [0, 0.1) is 11.3 Å². The molecule has 7 nitrogen and oxygen atoms in total. The lowest BCUT2D eigenvalue weighted by Gasteiger charge is -2.41. The molecule has 1 saturated heterocycles. The quantitative estimate of drug-likeness (QED) is 0.389. The smallest absolute Gasteiger partial charge is 0.251 e. The highest BCUT2D eigenvalue weighted by molar-refractivity contribution is 7.10. The summed E-state index contributed by atoms with van der Waals surface area (Å²) >= 11 is 1.42. The fourth-order valence-electron chi connectivity index (χ4n) is 6.25. The first-order chi connectivity index (χ1) is 18.5. The number of likely N-dealkylation sites (N-methyl/N-ethyl adjacent to an activating group) is 1. The molecule has 1 spiro atoms. The number of benzene rings is 3. The molecule has 38 heavy (non-hydrogen) atoms. The summed E-state index contributed by atoms with van der Waals surface area (Å²) in [6, 6.07) is 25.9. The number of carbonyl (C=O) groups is 1. The average Bonchev–Trinajstić information content (AvgIpc) is 3.64. The number of aromatic nitrogens is 1. The highest BCUT2D eigenvalue weighted by atomic mass is 32.1. The van der Waals surface area contributed by atoms with Crippen LogP contribution in [0.15, 0.2) is 78.2 Å². The molecule has 0 radical (unpaired) electrons. The Morgan fingerprint density at radius 3 is 2.53 bits per heavy atom. The predicted octanol–water partition coefficient (Wildman–Crippen LogP) is 5.17. The van der Waals surface area contributed by atoms with E-state index in [4.69, 9.17) is 14.5 Å². The number of anilines is 1. The second-order valence-electron chi connectivity index (χ2n) is 9.58. The van der Waals surface area contributed by atoms with Crippen LogP contribution in [0.5, 0.6) is 11.5 Å². The highest BCUT2D eigenvalue weighted by Gasteiger charge is 2.73. The number of methoxy groups -OCH3 is 2. The molecule has 2 aliphatic heterocycles. The van der Waals surface area contributed by atoms with Gasteiger partial charge in [0, 0.05) is 34.7 Å². The van der Waals surface area contributed by atoms with Gasteiger partial charge in [-0.05, 0) is 30.8 Å². The minimum atomic E-state index is -1.32. The fourth-order valence-corrected chi connectivity index (χ4v) is 7.33. The number of nitriles is 1. The van der Waals surface area contributed by atoms with Crippen molar-refractivity contribution >= 4 is 22.9 Å². The Kier molecular flexibility index (Phi) is 5.71. The van der Waals surface area contributed by atoms with E-state index in [1.807, 2.05) is 90.1 Å². The number of ether oxygens (including phenoxy) is 2. The summed E-state index contributed by atoms with van der Waals surface area (Å²) in [6.07, 6.45) is 0. The maximum Gasteiger partial charge on any atom is 0.251 e. The highest BCUT2D eigenvalue weighted by Crippen LogP contribution is 2.63. The Morgan fingerprint density at radius 1 is 1.05 bits per heavy atom. The monoisotopic (exact) mass is 522 g/mol. The second kappa shape index (κ2) is 8.98. The molecule has 1 aromatic heterocycles. The van der Waals surface area contributed by atoms with Crippen LogP contribution in [-0.4, -0.2) is 43.6 Å². The molecule has 0 saturated carbocycles. The number of carbonyl (C=O) groups excluding carboxylic acids is 1. The van der Waals surface area contributed by atoms with E-state index in [-0.39, 0.29) is 11.8 Å². The van der Waals surface area contributed by atoms with Crippen molar-refractivity contribution < 1.29 is 14.3 Å². The van der Waals surface area contributed by atoms with Gasteiger partial charge in [0.25, 0.3) is 5.91 Å². The SMILES string of the molecule is COc1ccc(C2CN(C)C3(C(=O)Nc4ccccc43)C2(C#N)c2nc(-c3ccccc3)cs2)cc1OC. The topological polar surface area (TPSA) is 87.5 Å². The summed E-state index contributed by atoms with van der Waals surface area (Å²) in [6.45, 7) is 0.463. The summed E-state index contributed by atoms with van der Waals surface area (Å²) in [7, 11) is 5.10. The van der Waals surface area contributed by atoms with Crippen LogP contribution in [0.2, 0.25) is 0 Å². The van der Waals surface area contributed by atoms with Gasteiger partial charge in [0.2, 0.25) is 0 Å². The molecule has 8 heteroatoms. The van der Waals surface area contributed by atoms with Gasteiger partial charge in [0.05, 0.1) is 26.0 Å². The van der Waals surface area contributed by atoms with Gasteiger partial charge in [-0.3, -0.25) is 9.69 Å². The standard InChI is InChI=1S/C30H26N4O3S/c1-34-16-22(20-13-14-25(36-2)26(15-20)37-3)29(18-31,28-33-24(17-38-28)19-9-5-4-6-10-19)30(34)21-11-7-8-12-23(21)32-27(30)35/h4-15,17,22H,16H2,1-3H3,(H,32,35). The van der Waals surface area contributed by atoms with E-state index in [9.17, 15) is 10.1 Å². The number of hydrogen-bond acceptors (Lipinski definition) is 7. The fraction of sp³-hybridized carbons (Fsp3) is 0.233. The molecule has 1 fully saturated rings. The van der Waals surface area contributed by atoms with Gasteiger partial charge in [-0.25, -0.2) is 4.98 Å². The van der Waals surface area contributed by atoms with Crippen molar-refractivity contribution in [1.82, 2.24) is 9.88 Å². The summed E-state index contributed by atoms with van der Waals surface area (Å²) in [5, 5.41) is 16.9. The molecule has 0 bridgehead atoms. The zero-order valence-electron chi connectivity index (χ0n) is 21.3. The number of likely N-dealkylation sites (tertiary alicyclic amines) is 1. The van der Waals surface area contributed by atoms with E-state index in [0.29, 0.717) is 23.1 Å². The number of para-hydroxylation sites is 1. The zero-order chi connectivity index (χ0) is 26.5. The molecule has 3 heterocycles. The Hall–Kier alpha value is -4.19. The molecule has 1 N–H and O–H groups in total. The number of nitrogens with one attached hydrogen (secondary N) is 1. The molecule has 3 atom stereocenters. The van der Waals surface area contributed by atoms with E-state index in [1.54, 1.807) is 14.2 Å². The van der Waals surface area contributed by atoms with Crippen molar-refractivity contribution in [3.05, 3.63) is 94.3 Å². The summed E-state index contributed by atoms with van der Waals surface area (Å²) in [5.41, 5.74) is 1.52. The van der Waals surface area contributed by atoms with E-state index < -0.39 is 11.0 Å². The van der Waals surface area contributed by atoms with Crippen molar-refractivity contribution in [2.24, 2.45) is 0 Å². The normalized spacial score (nSPS) is 24.2. The third-order valence-corrected chi connectivity index (χ3v) is 8.89. The molecule has 3 unspecified atom stereocenters. The molecule has 3 aromatic carbocycles. The number of thiazole rings is 1. The van der Waals surface area contributed by atoms with Gasteiger partial charge in [0.15, 0.2) is 17.0 Å². The van der Waals surface area contributed by atoms with Gasteiger partial charge in [-0.2, -0.15) is 5.26 Å². The first-order valence-electron chi connectivity index (χ1n) is 12.3. The minimum absolute atomic E-state index is 0.220. The van der Waals surface area contributed by atoms with Crippen LogP contribution in [-0.2, 0) is 15.7 Å². The Bertz CT molecular complexity index is 1580. The Morgan fingerprint density at radius 2 is 1.79 bits per heavy atom. The molecule has 6 rings (SSSR count). The maximum atomic E-state index is 14.1. The maximum absolute atomic E-state index is 14.1. The van der Waals surface area contributed by atoms with Crippen LogP contribution in [0.1, 0.15) is 22.1 Å². The molecule has 0 aliphatic carbocycles. The largest absolute Gasteiger partial charge is 0.493 e.